The molecular formula is C42H31NSi. The Kier molecular flexibility index (Phi) is 5.42. The molecule has 0 N–H and O–H groups in total. The Balaban J connectivity index is 1.31. The van der Waals surface area contributed by atoms with Crippen LogP contribution in [0.4, 0.5) is 0 Å². The fourth-order valence-electron chi connectivity index (χ4n) is 7.61. The third-order valence-corrected chi connectivity index (χ3v) is 13.4. The molecule has 1 aliphatic rings. The summed E-state index contributed by atoms with van der Waals surface area (Å²) in [6.45, 7) is 4.99. The molecule has 44 heavy (non-hydrogen) atoms. The minimum atomic E-state index is -1.80. The van der Waals surface area contributed by atoms with Crippen molar-refractivity contribution in [1.82, 2.24) is 4.57 Å². The number of fused-ring (bicyclic) bond motifs is 6. The van der Waals surface area contributed by atoms with Crippen molar-refractivity contribution in [3.63, 3.8) is 0 Å². The van der Waals surface area contributed by atoms with Crippen molar-refractivity contribution in [2.24, 2.45) is 0 Å². The molecule has 0 saturated carbocycles. The lowest BCUT2D eigenvalue weighted by molar-refractivity contribution is 1.13. The minimum absolute atomic E-state index is 1.23. The van der Waals surface area contributed by atoms with Crippen LogP contribution >= 0.6 is 0 Å². The van der Waals surface area contributed by atoms with Gasteiger partial charge in [-0.25, -0.2) is 0 Å². The molecule has 2 heteroatoms. The molecule has 1 aliphatic heterocycles. The molecule has 0 bridgehead atoms. The van der Waals surface area contributed by atoms with Crippen LogP contribution in [0, 0.1) is 0 Å². The molecule has 9 rings (SSSR count). The van der Waals surface area contributed by atoms with Gasteiger partial charge in [0.05, 0.1) is 5.52 Å². The van der Waals surface area contributed by atoms with Crippen LogP contribution in [-0.4, -0.2) is 12.6 Å². The Morgan fingerprint density at radius 1 is 0.432 bits per heavy atom. The number of benzene rings is 7. The summed E-state index contributed by atoms with van der Waals surface area (Å²) < 4.78 is 2.42. The van der Waals surface area contributed by atoms with Crippen molar-refractivity contribution in [3.8, 4) is 39.1 Å². The molecule has 0 aliphatic carbocycles. The lowest BCUT2D eigenvalue weighted by atomic mass is 9.94. The SMILES string of the molecule is C[Si]1(C)c2ccccc2-c2ccc(-n3cc(-c4cccc5ccccc45)c4cc(-c5cccc6ccccc56)ccc43)cc21. The third kappa shape index (κ3) is 3.65. The van der Waals surface area contributed by atoms with Gasteiger partial charge in [0.15, 0.2) is 0 Å². The number of rotatable bonds is 3. The summed E-state index contributed by atoms with van der Waals surface area (Å²) in [5.41, 5.74) is 10.3. The van der Waals surface area contributed by atoms with Gasteiger partial charge < -0.3 is 4.57 Å². The highest BCUT2D eigenvalue weighted by molar-refractivity contribution is 7.03. The maximum atomic E-state index is 2.49. The van der Waals surface area contributed by atoms with Gasteiger partial charge in [-0.15, -0.1) is 0 Å². The minimum Gasteiger partial charge on any atom is -0.316 e. The third-order valence-electron chi connectivity index (χ3n) is 9.83. The van der Waals surface area contributed by atoms with E-state index in [9.17, 15) is 0 Å². The predicted octanol–water partition coefficient (Wildman–Crippen LogP) is 10.1. The first-order chi connectivity index (χ1) is 21.6. The molecule has 1 aromatic heterocycles. The van der Waals surface area contributed by atoms with Gasteiger partial charge in [0.2, 0.25) is 0 Å². The van der Waals surface area contributed by atoms with Gasteiger partial charge in [0, 0.05) is 22.8 Å². The topological polar surface area (TPSA) is 4.93 Å². The first-order valence-electron chi connectivity index (χ1n) is 15.4. The summed E-state index contributed by atoms with van der Waals surface area (Å²) >= 11 is 0. The average molecular weight is 578 g/mol. The van der Waals surface area contributed by atoms with Crippen molar-refractivity contribution in [2.75, 3.05) is 0 Å². The summed E-state index contributed by atoms with van der Waals surface area (Å²) in [6, 6.07) is 54.0. The number of hydrogen-bond donors (Lipinski definition) is 0. The van der Waals surface area contributed by atoms with Crippen LogP contribution in [0.15, 0.2) is 152 Å². The number of nitrogens with zero attached hydrogens (tertiary/aromatic N) is 1. The van der Waals surface area contributed by atoms with E-state index < -0.39 is 8.07 Å². The summed E-state index contributed by atoms with van der Waals surface area (Å²) in [5, 5.41) is 9.43. The largest absolute Gasteiger partial charge is 0.316 e. The van der Waals surface area contributed by atoms with E-state index in [4.69, 9.17) is 0 Å². The Morgan fingerprint density at radius 3 is 1.84 bits per heavy atom. The highest BCUT2D eigenvalue weighted by atomic mass is 28.3. The fourth-order valence-corrected chi connectivity index (χ4v) is 10.7. The molecule has 208 valence electrons. The Morgan fingerprint density at radius 2 is 1.05 bits per heavy atom. The van der Waals surface area contributed by atoms with Gasteiger partial charge in [0.1, 0.15) is 8.07 Å². The molecule has 0 atom stereocenters. The number of aromatic nitrogens is 1. The van der Waals surface area contributed by atoms with E-state index in [1.54, 1.807) is 5.19 Å². The van der Waals surface area contributed by atoms with Crippen molar-refractivity contribution < 1.29 is 0 Å². The summed E-state index contributed by atoms with van der Waals surface area (Å²) in [5.74, 6) is 0. The van der Waals surface area contributed by atoms with E-state index in [2.05, 4.69) is 169 Å². The Hall–Kier alpha value is -5.18. The van der Waals surface area contributed by atoms with Gasteiger partial charge in [-0.2, -0.15) is 0 Å². The number of hydrogen-bond acceptors (Lipinski definition) is 0. The molecule has 2 heterocycles. The van der Waals surface area contributed by atoms with Crippen molar-refractivity contribution >= 4 is 50.9 Å². The second kappa shape index (κ2) is 9.41. The molecular weight excluding hydrogens is 547 g/mol. The van der Waals surface area contributed by atoms with Crippen molar-refractivity contribution in [1.29, 1.82) is 0 Å². The molecule has 0 saturated heterocycles. The van der Waals surface area contributed by atoms with Crippen LogP contribution < -0.4 is 10.4 Å². The van der Waals surface area contributed by atoms with Crippen LogP contribution in [0.1, 0.15) is 0 Å². The Bertz CT molecular complexity index is 2420. The van der Waals surface area contributed by atoms with Crippen LogP contribution in [0.25, 0.3) is 71.5 Å². The second-order valence-electron chi connectivity index (χ2n) is 12.6. The normalized spacial score (nSPS) is 13.4. The van der Waals surface area contributed by atoms with E-state index in [1.807, 2.05) is 0 Å². The fraction of sp³-hybridized carbons (Fsp3) is 0.0476. The van der Waals surface area contributed by atoms with Gasteiger partial charge in [0.25, 0.3) is 0 Å². The zero-order valence-electron chi connectivity index (χ0n) is 24.9. The molecule has 8 aromatic rings. The van der Waals surface area contributed by atoms with Gasteiger partial charge in [-0.05, 0) is 84.0 Å². The molecule has 0 unspecified atom stereocenters. The Labute approximate surface area is 258 Å². The lowest BCUT2D eigenvalue weighted by Crippen LogP contribution is -2.49. The molecule has 0 spiro atoms. The summed E-state index contributed by atoms with van der Waals surface area (Å²) in [6.07, 6.45) is 2.37. The first kappa shape index (κ1) is 25.3. The second-order valence-corrected chi connectivity index (χ2v) is 16.9. The quantitative estimate of drug-likeness (QED) is 0.184. The molecule has 1 nitrogen and oxygen atoms in total. The van der Waals surface area contributed by atoms with Gasteiger partial charge >= 0.3 is 0 Å². The summed E-state index contributed by atoms with van der Waals surface area (Å²) in [4.78, 5) is 0. The molecule has 0 amide bonds. The molecule has 7 aromatic carbocycles. The highest BCUT2D eigenvalue weighted by Crippen LogP contribution is 2.40. The zero-order valence-corrected chi connectivity index (χ0v) is 25.9. The van der Waals surface area contributed by atoms with Crippen molar-refractivity contribution in [2.45, 2.75) is 13.1 Å². The maximum absolute atomic E-state index is 2.49. The van der Waals surface area contributed by atoms with Crippen LogP contribution in [-0.2, 0) is 0 Å². The van der Waals surface area contributed by atoms with Crippen molar-refractivity contribution in [3.05, 3.63) is 152 Å². The van der Waals surface area contributed by atoms with Crippen LogP contribution in [0.5, 0.6) is 0 Å². The molecule has 0 radical (unpaired) electrons. The molecule has 0 fully saturated rings. The average Bonchev–Trinajstić information content (AvgIpc) is 3.56. The van der Waals surface area contributed by atoms with Gasteiger partial charge in [-0.3, -0.25) is 0 Å². The van der Waals surface area contributed by atoms with E-state index >= 15 is 0 Å². The van der Waals surface area contributed by atoms with E-state index in [0.29, 0.717) is 0 Å². The zero-order chi connectivity index (χ0) is 29.4. The van der Waals surface area contributed by atoms with Gasteiger partial charge in [-0.1, -0.05) is 134 Å². The smallest absolute Gasteiger partial charge is 0.113 e. The van der Waals surface area contributed by atoms with Crippen LogP contribution in [0.2, 0.25) is 13.1 Å². The lowest BCUT2D eigenvalue weighted by Gasteiger charge is -2.19. The summed E-state index contributed by atoms with van der Waals surface area (Å²) in [7, 11) is -1.80. The maximum Gasteiger partial charge on any atom is 0.113 e. The van der Waals surface area contributed by atoms with E-state index in [1.165, 1.54) is 76.7 Å². The standard InChI is InChI=1S/C42H31NSi/c1-44(2)41-20-8-7-17-36(41)37-23-22-31(26-42(37)44)43-27-39(35-19-10-14-29-12-4-6-16-33(29)35)38-25-30(21-24-40(38)43)34-18-9-13-28-11-3-5-15-32(28)34/h3-27H,1-2H3. The first-order valence-corrected chi connectivity index (χ1v) is 18.4. The van der Waals surface area contributed by atoms with Crippen LogP contribution in [0.3, 0.4) is 0 Å². The predicted molar refractivity (Wildman–Crippen MR) is 191 cm³/mol. The monoisotopic (exact) mass is 577 g/mol. The highest BCUT2D eigenvalue weighted by Gasteiger charge is 2.37. The van der Waals surface area contributed by atoms with E-state index in [-0.39, 0.29) is 0 Å². The van der Waals surface area contributed by atoms with E-state index in [0.717, 1.165) is 0 Å².